The van der Waals surface area contributed by atoms with Crippen LogP contribution in [0, 0.1) is 0 Å². The average molecular weight is 358 g/mol. The van der Waals surface area contributed by atoms with E-state index in [9.17, 15) is 0 Å². The molecule has 4 aliphatic rings. The number of likely N-dealkylation sites (tertiary alicyclic amines) is 1. The molecule has 2 unspecified atom stereocenters. The molecule has 26 heavy (non-hydrogen) atoms. The third-order valence-electron chi connectivity index (χ3n) is 5.55. The Balaban J connectivity index is 1.34. The second-order valence-corrected chi connectivity index (χ2v) is 7.33. The van der Waals surface area contributed by atoms with Crippen molar-refractivity contribution in [2.75, 3.05) is 58.9 Å². The van der Waals surface area contributed by atoms with Gasteiger partial charge in [-0.1, -0.05) is 6.07 Å². The summed E-state index contributed by atoms with van der Waals surface area (Å²) in [6.45, 7) is 11.7. The van der Waals surface area contributed by atoms with Gasteiger partial charge in [-0.05, 0) is 13.0 Å². The maximum absolute atomic E-state index is 6.02. The van der Waals surface area contributed by atoms with Crippen LogP contribution in [0.4, 0.5) is 0 Å². The second kappa shape index (κ2) is 8.22. The third kappa shape index (κ3) is 4.10. The van der Waals surface area contributed by atoms with Crippen LogP contribution in [-0.4, -0.2) is 96.7 Å². The molecule has 2 bridgehead atoms. The summed E-state index contributed by atoms with van der Waals surface area (Å²) in [5, 5.41) is 3.47. The average Bonchev–Trinajstić information content (AvgIpc) is 3.15. The van der Waals surface area contributed by atoms with Gasteiger partial charge in [-0.3, -0.25) is 14.8 Å². The highest BCUT2D eigenvalue weighted by Crippen LogP contribution is 2.18. The molecular formula is C19H30N6O. The maximum Gasteiger partial charge on any atom is 0.213 e. The zero-order valence-electron chi connectivity index (χ0n) is 15.7. The highest BCUT2D eigenvalue weighted by atomic mass is 16.5. The predicted octanol–water partition coefficient (Wildman–Crippen LogP) is 0.500. The van der Waals surface area contributed by atoms with Crippen LogP contribution in [0.15, 0.2) is 29.4 Å². The smallest absolute Gasteiger partial charge is 0.213 e. The molecule has 7 heteroatoms. The van der Waals surface area contributed by atoms with Crippen LogP contribution >= 0.6 is 0 Å². The van der Waals surface area contributed by atoms with Crippen LogP contribution in [0.25, 0.3) is 0 Å². The number of nitrogens with one attached hydrogen (secondary N) is 1. The first kappa shape index (κ1) is 17.5. The van der Waals surface area contributed by atoms with Gasteiger partial charge < -0.3 is 15.0 Å². The number of fused-ring (bicyclic) bond motifs is 3. The van der Waals surface area contributed by atoms with Gasteiger partial charge >= 0.3 is 0 Å². The van der Waals surface area contributed by atoms with Crippen LogP contribution in [-0.2, 0) is 0 Å². The van der Waals surface area contributed by atoms with E-state index in [4.69, 9.17) is 9.73 Å². The quantitative estimate of drug-likeness (QED) is 0.611. The van der Waals surface area contributed by atoms with E-state index in [1.54, 1.807) is 6.20 Å². The summed E-state index contributed by atoms with van der Waals surface area (Å²) < 4.78 is 6.02. The lowest BCUT2D eigenvalue weighted by atomic mass is 10.1. The number of guanidine groups is 1. The van der Waals surface area contributed by atoms with Crippen LogP contribution in [0.3, 0.4) is 0 Å². The van der Waals surface area contributed by atoms with Gasteiger partial charge in [-0.25, -0.2) is 4.98 Å². The summed E-state index contributed by atoms with van der Waals surface area (Å²) in [5.74, 6) is 1.73. The molecule has 0 aromatic carbocycles. The Kier molecular flexibility index (Phi) is 5.55. The van der Waals surface area contributed by atoms with Crippen LogP contribution in [0.1, 0.15) is 13.3 Å². The molecule has 5 heterocycles. The summed E-state index contributed by atoms with van der Waals surface area (Å²) in [6, 6.07) is 6.36. The highest BCUT2D eigenvalue weighted by molar-refractivity contribution is 5.80. The Morgan fingerprint density at radius 1 is 1.23 bits per heavy atom. The topological polar surface area (TPSA) is 56.2 Å². The molecule has 1 aromatic heterocycles. The van der Waals surface area contributed by atoms with E-state index in [2.05, 4.69) is 31.9 Å². The number of hydrogen-bond acceptors (Lipinski definition) is 5. The number of nitrogens with zero attached hydrogens (tertiary/aromatic N) is 5. The fourth-order valence-corrected chi connectivity index (χ4v) is 4.12. The molecule has 142 valence electrons. The lowest BCUT2D eigenvalue weighted by Crippen LogP contribution is -2.62. The Hall–Kier alpha value is -1.86. The zero-order valence-corrected chi connectivity index (χ0v) is 15.7. The number of ether oxygens (including phenoxy) is 1. The molecule has 4 saturated heterocycles. The highest BCUT2D eigenvalue weighted by Gasteiger charge is 2.32. The molecule has 0 saturated carbocycles. The van der Waals surface area contributed by atoms with Crippen molar-refractivity contribution in [3.8, 4) is 5.88 Å². The molecule has 7 nitrogen and oxygen atoms in total. The van der Waals surface area contributed by atoms with E-state index in [1.165, 1.54) is 26.2 Å². The molecule has 0 radical (unpaired) electrons. The summed E-state index contributed by atoms with van der Waals surface area (Å²) in [5.41, 5.74) is 0. The van der Waals surface area contributed by atoms with Gasteiger partial charge in [-0.15, -0.1) is 0 Å². The normalized spacial score (nSPS) is 31.3. The fourth-order valence-electron chi connectivity index (χ4n) is 4.12. The molecule has 4 fully saturated rings. The molecule has 0 aliphatic carbocycles. The van der Waals surface area contributed by atoms with Crippen LogP contribution in [0.2, 0.25) is 0 Å². The van der Waals surface area contributed by atoms with Crippen molar-refractivity contribution >= 4 is 5.96 Å². The van der Waals surface area contributed by atoms with Gasteiger partial charge in [-0.2, -0.15) is 0 Å². The van der Waals surface area contributed by atoms with Gasteiger partial charge in [0.05, 0.1) is 13.1 Å². The van der Waals surface area contributed by atoms with Crippen molar-refractivity contribution in [3.63, 3.8) is 0 Å². The minimum absolute atomic E-state index is 0.175. The minimum Gasteiger partial charge on any atom is -0.472 e. The van der Waals surface area contributed by atoms with Crippen molar-refractivity contribution in [1.82, 2.24) is 25.0 Å². The Morgan fingerprint density at radius 3 is 2.81 bits per heavy atom. The van der Waals surface area contributed by atoms with E-state index in [-0.39, 0.29) is 6.10 Å². The molecule has 0 amide bonds. The summed E-state index contributed by atoms with van der Waals surface area (Å²) in [6.07, 6.45) is 2.95. The van der Waals surface area contributed by atoms with Crippen LogP contribution < -0.4 is 10.1 Å². The van der Waals surface area contributed by atoms with E-state index in [0.29, 0.717) is 11.9 Å². The Bertz CT molecular complexity index is 601. The largest absolute Gasteiger partial charge is 0.472 e. The SMILES string of the molecule is CCNC(=NCC1CN2CCN1CC2)N1CCC(Oc2ccccn2)C1. The van der Waals surface area contributed by atoms with Crippen molar-refractivity contribution in [2.24, 2.45) is 4.99 Å². The number of aromatic nitrogens is 1. The number of hydrogen-bond donors (Lipinski definition) is 1. The third-order valence-corrected chi connectivity index (χ3v) is 5.55. The van der Waals surface area contributed by atoms with Gasteiger partial charge in [0, 0.05) is 70.5 Å². The molecule has 5 rings (SSSR count). The predicted molar refractivity (Wildman–Crippen MR) is 103 cm³/mol. The molecule has 4 aliphatic heterocycles. The summed E-state index contributed by atoms with van der Waals surface area (Å²) in [7, 11) is 0. The van der Waals surface area contributed by atoms with Crippen molar-refractivity contribution < 1.29 is 4.74 Å². The van der Waals surface area contributed by atoms with Crippen molar-refractivity contribution in [3.05, 3.63) is 24.4 Å². The maximum atomic E-state index is 6.02. The first-order chi connectivity index (χ1) is 12.8. The Labute approximate surface area is 156 Å². The zero-order chi connectivity index (χ0) is 17.8. The van der Waals surface area contributed by atoms with Gasteiger partial charge in [0.1, 0.15) is 6.10 Å². The molecule has 1 aromatic rings. The van der Waals surface area contributed by atoms with Crippen LogP contribution in [0.5, 0.6) is 5.88 Å². The summed E-state index contributed by atoms with van der Waals surface area (Å²) >= 11 is 0. The molecule has 2 atom stereocenters. The van der Waals surface area contributed by atoms with Gasteiger partial charge in [0.25, 0.3) is 0 Å². The first-order valence-electron chi connectivity index (χ1n) is 9.89. The lowest BCUT2D eigenvalue weighted by Gasteiger charge is -2.47. The van der Waals surface area contributed by atoms with E-state index < -0.39 is 0 Å². The molecule has 1 N–H and O–H groups in total. The van der Waals surface area contributed by atoms with Crippen molar-refractivity contribution in [2.45, 2.75) is 25.5 Å². The van der Waals surface area contributed by atoms with Crippen molar-refractivity contribution in [1.29, 1.82) is 0 Å². The monoisotopic (exact) mass is 358 g/mol. The summed E-state index contributed by atoms with van der Waals surface area (Å²) in [4.78, 5) is 16.7. The second-order valence-electron chi connectivity index (χ2n) is 7.33. The standard InChI is InChI=1S/C19H30N6O/c1-2-20-19(22-13-16-14-23-9-11-24(16)12-10-23)25-8-6-17(15-25)26-18-5-3-4-7-21-18/h3-5,7,16-17H,2,6,8-15H2,1H3,(H,20,22). The Morgan fingerprint density at radius 2 is 2.12 bits per heavy atom. The number of pyridine rings is 1. The van der Waals surface area contributed by atoms with E-state index in [1.807, 2.05) is 18.2 Å². The van der Waals surface area contributed by atoms with Gasteiger partial charge in [0.15, 0.2) is 5.96 Å². The van der Waals surface area contributed by atoms with Gasteiger partial charge in [0.2, 0.25) is 5.88 Å². The fraction of sp³-hybridized carbons (Fsp3) is 0.684. The first-order valence-corrected chi connectivity index (χ1v) is 9.89. The minimum atomic E-state index is 0.175. The number of rotatable bonds is 5. The molecule has 0 spiro atoms. The van der Waals surface area contributed by atoms with E-state index >= 15 is 0 Å². The molecular weight excluding hydrogens is 328 g/mol. The number of piperazine rings is 3. The lowest BCUT2D eigenvalue weighted by molar-refractivity contribution is 0.0173. The van der Waals surface area contributed by atoms with E-state index in [0.717, 1.165) is 45.1 Å². The number of aliphatic imine (C=N–C) groups is 1.